The quantitative estimate of drug-likeness (QED) is 0.782. The van der Waals surface area contributed by atoms with E-state index in [1.54, 1.807) is 7.11 Å². The summed E-state index contributed by atoms with van der Waals surface area (Å²) in [5, 5.41) is 12.7. The third kappa shape index (κ3) is 4.15. The maximum Gasteiger partial charge on any atom is 0.161 e. The van der Waals surface area contributed by atoms with Crippen LogP contribution in [-0.4, -0.2) is 18.8 Å². The third-order valence-corrected chi connectivity index (χ3v) is 3.36. The number of anilines is 1. The SMILES string of the molecule is CCCOc1ccc(CNc2ccccc2CO)cc1OC. The van der Waals surface area contributed by atoms with Crippen molar-refractivity contribution >= 4 is 5.69 Å². The first-order valence-corrected chi connectivity index (χ1v) is 7.50. The first-order chi connectivity index (χ1) is 10.8. The Labute approximate surface area is 131 Å². The van der Waals surface area contributed by atoms with Gasteiger partial charge in [-0.2, -0.15) is 0 Å². The van der Waals surface area contributed by atoms with Gasteiger partial charge in [0.05, 0.1) is 20.3 Å². The van der Waals surface area contributed by atoms with Gasteiger partial charge in [0, 0.05) is 17.8 Å². The van der Waals surface area contributed by atoms with Crippen LogP contribution < -0.4 is 14.8 Å². The summed E-state index contributed by atoms with van der Waals surface area (Å²) in [5.74, 6) is 1.51. The number of nitrogens with one attached hydrogen (secondary N) is 1. The molecular weight excluding hydrogens is 278 g/mol. The summed E-state index contributed by atoms with van der Waals surface area (Å²) in [6.45, 7) is 3.43. The van der Waals surface area contributed by atoms with Gasteiger partial charge in [-0.1, -0.05) is 31.2 Å². The Hall–Kier alpha value is -2.20. The van der Waals surface area contributed by atoms with E-state index in [-0.39, 0.29) is 6.61 Å². The largest absolute Gasteiger partial charge is 0.493 e. The van der Waals surface area contributed by atoms with Crippen LogP contribution in [0.4, 0.5) is 5.69 Å². The number of aliphatic hydroxyl groups is 1. The fraction of sp³-hybridized carbons (Fsp3) is 0.333. The van der Waals surface area contributed by atoms with Crippen molar-refractivity contribution in [1.82, 2.24) is 0 Å². The van der Waals surface area contributed by atoms with Crippen LogP contribution in [-0.2, 0) is 13.2 Å². The molecule has 0 aliphatic carbocycles. The van der Waals surface area contributed by atoms with Crippen LogP contribution in [0.25, 0.3) is 0 Å². The monoisotopic (exact) mass is 301 g/mol. The van der Waals surface area contributed by atoms with Crippen LogP contribution in [0.15, 0.2) is 42.5 Å². The van der Waals surface area contributed by atoms with Crippen LogP contribution in [0.2, 0.25) is 0 Å². The lowest BCUT2D eigenvalue weighted by Gasteiger charge is -2.13. The molecule has 0 saturated heterocycles. The highest BCUT2D eigenvalue weighted by atomic mass is 16.5. The molecule has 2 aromatic rings. The molecule has 4 heteroatoms. The molecular formula is C18H23NO3. The van der Waals surface area contributed by atoms with Crippen molar-refractivity contribution in [1.29, 1.82) is 0 Å². The van der Waals surface area contributed by atoms with Crippen LogP contribution in [0.3, 0.4) is 0 Å². The van der Waals surface area contributed by atoms with Gasteiger partial charge in [-0.25, -0.2) is 0 Å². The molecule has 0 amide bonds. The number of benzene rings is 2. The summed E-state index contributed by atoms with van der Waals surface area (Å²) in [4.78, 5) is 0. The number of rotatable bonds is 8. The van der Waals surface area contributed by atoms with Crippen molar-refractivity contribution < 1.29 is 14.6 Å². The third-order valence-electron chi connectivity index (χ3n) is 3.36. The highest BCUT2D eigenvalue weighted by Crippen LogP contribution is 2.28. The molecule has 0 radical (unpaired) electrons. The number of para-hydroxylation sites is 1. The van der Waals surface area contributed by atoms with Gasteiger partial charge in [-0.3, -0.25) is 0 Å². The molecule has 4 nitrogen and oxygen atoms in total. The Kier molecular flexibility index (Phi) is 6.10. The Balaban J connectivity index is 2.06. The molecule has 0 aromatic heterocycles. The molecule has 0 atom stereocenters. The lowest BCUT2D eigenvalue weighted by atomic mass is 10.1. The highest BCUT2D eigenvalue weighted by molar-refractivity contribution is 5.52. The summed E-state index contributed by atoms with van der Waals surface area (Å²) in [5.41, 5.74) is 2.92. The predicted molar refractivity (Wildman–Crippen MR) is 88.5 cm³/mol. The zero-order valence-corrected chi connectivity index (χ0v) is 13.1. The standard InChI is InChI=1S/C18H23NO3/c1-3-10-22-17-9-8-14(11-18(17)21-2)12-19-16-7-5-4-6-15(16)13-20/h4-9,11,19-20H,3,10,12-13H2,1-2H3. The fourth-order valence-corrected chi connectivity index (χ4v) is 2.18. The zero-order chi connectivity index (χ0) is 15.8. The molecule has 0 heterocycles. The summed E-state index contributed by atoms with van der Waals surface area (Å²) in [6.07, 6.45) is 0.963. The second-order valence-corrected chi connectivity index (χ2v) is 5.00. The predicted octanol–water partition coefficient (Wildman–Crippen LogP) is 3.59. The summed E-state index contributed by atoms with van der Waals surface area (Å²) >= 11 is 0. The van der Waals surface area contributed by atoms with Crippen LogP contribution in [0, 0.1) is 0 Å². The molecule has 0 saturated carbocycles. The van der Waals surface area contributed by atoms with Crippen molar-refractivity contribution in [2.75, 3.05) is 19.0 Å². The first kappa shape index (κ1) is 16.2. The van der Waals surface area contributed by atoms with E-state index in [0.717, 1.165) is 34.7 Å². The van der Waals surface area contributed by atoms with Gasteiger partial charge in [0.1, 0.15) is 0 Å². The average molecular weight is 301 g/mol. The maximum atomic E-state index is 9.34. The van der Waals surface area contributed by atoms with E-state index in [4.69, 9.17) is 9.47 Å². The minimum absolute atomic E-state index is 0.0241. The Morgan fingerprint density at radius 3 is 2.64 bits per heavy atom. The molecule has 0 bridgehead atoms. The normalized spacial score (nSPS) is 10.3. The molecule has 2 aromatic carbocycles. The molecule has 2 rings (SSSR count). The van der Waals surface area contributed by atoms with Crippen molar-refractivity contribution in [3.63, 3.8) is 0 Å². The summed E-state index contributed by atoms with van der Waals surface area (Å²) in [7, 11) is 1.65. The Morgan fingerprint density at radius 1 is 1.09 bits per heavy atom. The number of methoxy groups -OCH3 is 1. The Morgan fingerprint density at radius 2 is 1.91 bits per heavy atom. The number of hydrogen-bond acceptors (Lipinski definition) is 4. The number of ether oxygens (including phenoxy) is 2. The van der Waals surface area contributed by atoms with E-state index < -0.39 is 0 Å². The zero-order valence-electron chi connectivity index (χ0n) is 13.1. The van der Waals surface area contributed by atoms with Crippen LogP contribution in [0.1, 0.15) is 24.5 Å². The van der Waals surface area contributed by atoms with Crippen molar-refractivity contribution in [2.45, 2.75) is 26.5 Å². The van der Waals surface area contributed by atoms with E-state index in [0.29, 0.717) is 13.2 Å². The highest BCUT2D eigenvalue weighted by Gasteiger charge is 2.06. The average Bonchev–Trinajstić information content (AvgIpc) is 2.58. The van der Waals surface area contributed by atoms with Crippen molar-refractivity contribution in [3.05, 3.63) is 53.6 Å². The maximum absolute atomic E-state index is 9.34. The molecule has 0 aliphatic rings. The van der Waals surface area contributed by atoms with Gasteiger partial charge in [-0.05, 0) is 30.2 Å². The lowest BCUT2D eigenvalue weighted by Crippen LogP contribution is -2.03. The van der Waals surface area contributed by atoms with E-state index in [9.17, 15) is 5.11 Å². The Bertz CT molecular complexity index is 599. The van der Waals surface area contributed by atoms with Crippen LogP contribution >= 0.6 is 0 Å². The second-order valence-electron chi connectivity index (χ2n) is 5.00. The fourth-order valence-electron chi connectivity index (χ4n) is 2.18. The molecule has 0 unspecified atom stereocenters. The second kappa shape index (κ2) is 8.29. The minimum Gasteiger partial charge on any atom is -0.493 e. The molecule has 2 N–H and O–H groups in total. The van der Waals surface area contributed by atoms with E-state index in [2.05, 4.69) is 12.2 Å². The molecule has 0 fully saturated rings. The van der Waals surface area contributed by atoms with Gasteiger partial charge in [0.2, 0.25) is 0 Å². The molecule has 0 spiro atoms. The van der Waals surface area contributed by atoms with Gasteiger partial charge in [0.25, 0.3) is 0 Å². The van der Waals surface area contributed by atoms with Gasteiger partial charge >= 0.3 is 0 Å². The van der Waals surface area contributed by atoms with E-state index >= 15 is 0 Å². The smallest absolute Gasteiger partial charge is 0.161 e. The van der Waals surface area contributed by atoms with Gasteiger partial charge in [0.15, 0.2) is 11.5 Å². The minimum atomic E-state index is 0.0241. The summed E-state index contributed by atoms with van der Waals surface area (Å²) in [6, 6.07) is 13.7. The van der Waals surface area contributed by atoms with E-state index in [1.807, 2.05) is 42.5 Å². The van der Waals surface area contributed by atoms with E-state index in [1.165, 1.54) is 0 Å². The molecule has 0 aliphatic heterocycles. The molecule has 22 heavy (non-hydrogen) atoms. The van der Waals surface area contributed by atoms with Crippen molar-refractivity contribution in [2.24, 2.45) is 0 Å². The van der Waals surface area contributed by atoms with Gasteiger partial charge in [-0.15, -0.1) is 0 Å². The first-order valence-electron chi connectivity index (χ1n) is 7.50. The molecule has 118 valence electrons. The number of aliphatic hydroxyl groups excluding tert-OH is 1. The topological polar surface area (TPSA) is 50.7 Å². The van der Waals surface area contributed by atoms with Crippen molar-refractivity contribution in [3.8, 4) is 11.5 Å². The van der Waals surface area contributed by atoms with Gasteiger partial charge < -0.3 is 19.9 Å². The van der Waals surface area contributed by atoms with Crippen LogP contribution in [0.5, 0.6) is 11.5 Å². The lowest BCUT2D eigenvalue weighted by molar-refractivity contribution is 0.282. The summed E-state index contributed by atoms with van der Waals surface area (Å²) < 4.78 is 11.0. The number of hydrogen-bond donors (Lipinski definition) is 2.